The zero-order valence-electron chi connectivity index (χ0n) is 48.3. The number of likely N-dealkylation sites (tertiary alicyclic amines) is 1. The van der Waals surface area contributed by atoms with Crippen molar-refractivity contribution in [2.45, 2.75) is 259 Å². The summed E-state index contributed by atoms with van der Waals surface area (Å²) in [5, 5.41) is 19.3. The summed E-state index contributed by atoms with van der Waals surface area (Å²) in [6.45, 7) is 23.5. The number of unbranched alkanes of at least 4 members (excludes halogenated alkanes) is 7. The highest BCUT2D eigenvalue weighted by atomic mass is 16.2. The summed E-state index contributed by atoms with van der Waals surface area (Å²) in [4.78, 5) is 140. The first-order chi connectivity index (χ1) is 35.0. The maximum absolute atomic E-state index is 14.2. The number of amides is 10. The second-order valence-electron chi connectivity index (χ2n) is 23.2. The summed E-state index contributed by atoms with van der Waals surface area (Å²) in [5.41, 5.74) is -4.51. The number of nitrogens with one attached hydrogen (secondary N) is 7. The number of carbonyl (C=O) groups is 10. The average molecular weight is 1060 g/mol. The normalized spacial score (nSPS) is 15.7. The molecule has 2 aliphatic rings. The van der Waals surface area contributed by atoms with Crippen LogP contribution in [0.3, 0.4) is 0 Å². The third-order valence-electron chi connectivity index (χ3n) is 13.9. The van der Waals surface area contributed by atoms with Gasteiger partial charge in [0.2, 0.25) is 59.1 Å². The molecule has 75 heavy (non-hydrogen) atoms. The molecule has 0 aromatic rings. The fourth-order valence-electron chi connectivity index (χ4n) is 9.46. The zero-order valence-corrected chi connectivity index (χ0v) is 48.3. The summed E-state index contributed by atoms with van der Waals surface area (Å²) in [6.07, 6.45) is 12.5. The Kier molecular flexibility index (Phi) is 27.2. The summed E-state index contributed by atoms with van der Waals surface area (Å²) in [5.74, 6) is -4.90. The van der Waals surface area contributed by atoms with Crippen LogP contribution in [0.4, 0.5) is 0 Å². The fourth-order valence-corrected chi connectivity index (χ4v) is 9.46. The van der Waals surface area contributed by atoms with Gasteiger partial charge in [-0.25, -0.2) is 0 Å². The van der Waals surface area contributed by atoms with E-state index in [1.54, 1.807) is 32.6 Å². The van der Waals surface area contributed by atoms with E-state index in [4.69, 9.17) is 0 Å². The van der Waals surface area contributed by atoms with Gasteiger partial charge in [-0.15, -0.1) is 0 Å². The lowest BCUT2D eigenvalue weighted by Crippen LogP contribution is -2.65. The summed E-state index contributed by atoms with van der Waals surface area (Å²) in [6, 6.07) is -3.58. The molecule has 2 rings (SSSR count). The third-order valence-corrected chi connectivity index (χ3v) is 13.9. The zero-order chi connectivity index (χ0) is 56.8. The minimum atomic E-state index is -1.56. The molecule has 1 heterocycles. The number of hydrogen-bond acceptors (Lipinski definition) is 10. The largest absolute Gasteiger partial charge is 0.354 e. The maximum atomic E-state index is 14.2. The Morgan fingerprint density at radius 2 is 1.20 bits per heavy atom. The molecule has 20 nitrogen and oxygen atoms in total. The third kappa shape index (κ3) is 21.7. The minimum Gasteiger partial charge on any atom is -0.354 e. The van der Waals surface area contributed by atoms with Crippen molar-refractivity contribution in [3.05, 3.63) is 0 Å². The van der Waals surface area contributed by atoms with Crippen LogP contribution in [0.5, 0.6) is 0 Å². The summed E-state index contributed by atoms with van der Waals surface area (Å²) < 4.78 is 0. The molecular formula is C55H98N10O10. The van der Waals surface area contributed by atoms with Gasteiger partial charge in [0, 0.05) is 44.1 Å². The second kappa shape index (κ2) is 31.1. The maximum Gasteiger partial charge on any atom is 0.246 e. The molecule has 0 bridgehead atoms. The molecule has 0 aromatic carbocycles. The molecule has 10 amide bonds. The van der Waals surface area contributed by atoms with E-state index in [0.717, 1.165) is 64.2 Å². The van der Waals surface area contributed by atoms with Gasteiger partial charge in [-0.05, 0) is 120 Å². The minimum absolute atomic E-state index is 0.0683. The SMILES string of the molecule is CCCCCCCCC(NC(=O)C1CCCN1C(=O)CCCCC)C(=O)NCC(=O)N(C(C)C)C(C)(C)C(=O)NCC(=O)N(C(C)C)C(CC(C)C)C(=O)NC(C)(C)C(=O)NC(C)(C)C(=O)NCCC(=O)NC1CC1. The van der Waals surface area contributed by atoms with Crippen LogP contribution < -0.4 is 37.2 Å². The van der Waals surface area contributed by atoms with E-state index in [0.29, 0.717) is 38.6 Å². The number of nitrogens with zero attached hydrogens (tertiary/aromatic N) is 3. The van der Waals surface area contributed by atoms with Crippen molar-refractivity contribution >= 4 is 59.1 Å². The lowest BCUT2D eigenvalue weighted by molar-refractivity contribution is -0.150. The number of rotatable bonds is 34. The Morgan fingerprint density at radius 1 is 0.613 bits per heavy atom. The Bertz CT molecular complexity index is 1950. The highest BCUT2D eigenvalue weighted by molar-refractivity contribution is 5.99. The van der Waals surface area contributed by atoms with Crippen LogP contribution in [0.15, 0.2) is 0 Å². The van der Waals surface area contributed by atoms with Crippen LogP contribution in [-0.2, 0) is 47.9 Å². The molecule has 1 aliphatic carbocycles. The van der Waals surface area contributed by atoms with Crippen molar-refractivity contribution in [2.75, 3.05) is 26.2 Å². The fraction of sp³-hybridized carbons (Fsp3) is 0.818. The first-order valence-corrected chi connectivity index (χ1v) is 28.0. The van der Waals surface area contributed by atoms with Crippen molar-refractivity contribution in [1.82, 2.24) is 51.9 Å². The van der Waals surface area contributed by atoms with Crippen molar-refractivity contribution < 1.29 is 47.9 Å². The van der Waals surface area contributed by atoms with Crippen molar-refractivity contribution in [2.24, 2.45) is 5.92 Å². The molecular weight excluding hydrogens is 961 g/mol. The van der Waals surface area contributed by atoms with E-state index in [1.165, 1.54) is 51.3 Å². The van der Waals surface area contributed by atoms with Gasteiger partial charge in [-0.3, -0.25) is 47.9 Å². The van der Waals surface area contributed by atoms with Gasteiger partial charge >= 0.3 is 0 Å². The predicted molar refractivity (Wildman–Crippen MR) is 289 cm³/mol. The summed E-state index contributed by atoms with van der Waals surface area (Å²) in [7, 11) is 0. The van der Waals surface area contributed by atoms with Crippen molar-refractivity contribution in [1.29, 1.82) is 0 Å². The van der Waals surface area contributed by atoms with Crippen molar-refractivity contribution in [3.63, 3.8) is 0 Å². The predicted octanol–water partition coefficient (Wildman–Crippen LogP) is 4.27. The smallest absolute Gasteiger partial charge is 0.246 e. The van der Waals surface area contributed by atoms with Gasteiger partial charge in [0.15, 0.2) is 0 Å². The Hall–Kier alpha value is -5.30. The van der Waals surface area contributed by atoms with Gasteiger partial charge in [-0.2, -0.15) is 0 Å². The van der Waals surface area contributed by atoms with Crippen LogP contribution in [-0.4, -0.2) is 153 Å². The van der Waals surface area contributed by atoms with Crippen LogP contribution in [0.1, 0.15) is 206 Å². The number of carbonyl (C=O) groups excluding carboxylic acids is 10. The highest BCUT2D eigenvalue weighted by Gasteiger charge is 2.43. The molecule has 428 valence electrons. The molecule has 1 aliphatic heterocycles. The van der Waals surface area contributed by atoms with Gasteiger partial charge in [0.1, 0.15) is 34.7 Å². The lowest BCUT2D eigenvalue weighted by Gasteiger charge is -2.41. The van der Waals surface area contributed by atoms with Crippen LogP contribution >= 0.6 is 0 Å². The Morgan fingerprint density at radius 3 is 1.79 bits per heavy atom. The first kappa shape index (κ1) is 65.8. The van der Waals surface area contributed by atoms with Gasteiger partial charge in [-0.1, -0.05) is 79.1 Å². The number of hydrogen-bond donors (Lipinski definition) is 7. The van der Waals surface area contributed by atoms with Crippen LogP contribution in [0, 0.1) is 5.92 Å². The van der Waals surface area contributed by atoms with E-state index >= 15 is 0 Å². The average Bonchev–Trinajstić information content (AvgIpc) is 3.98. The van der Waals surface area contributed by atoms with Gasteiger partial charge in [0.05, 0.1) is 13.1 Å². The Balaban J connectivity index is 2.17. The standard InChI is InChI=1S/C55H98N10O10/c1-15-17-19-20-21-23-25-40(60-48(71)41-26-24-32-63(41)44(67)27-22-18-16-2)47(70)57-35-46(69)65(38(7)8)55(13,14)52(75)58-34-45(68)64(37(5)6)42(33-36(3)4)49(72)61-54(11,12)51(74)62-53(9,10)50(73)56-31-30-43(66)59-39-28-29-39/h36-42H,15-35H2,1-14H3,(H,56,73)(H,57,70)(H,58,75)(H,59,66)(H,60,71)(H,61,72)(H,62,74). The molecule has 3 unspecified atom stereocenters. The van der Waals surface area contributed by atoms with Gasteiger partial charge in [0.25, 0.3) is 0 Å². The molecule has 7 N–H and O–H groups in total. The van der Waals surface area contributed by atoms with E-state index in [9.17, 15) is 47.9 Å². The Labute approximate surface area is 448 Å². The van der Waals surface area contributed by atoms with E-state index < -0.39 is 107 Å². The molecule has 1 saturated heterocycles. The van der Waals surface area contributed by atoms with E-state index in [-0.39, 0.29) is 43.2 Å². The lowest BCUT2D eigenvalue weighted by atomic mass is 9.96. The summed E-state index contributed by atoms with van der Waals surface area (Å²) >= 11 is 0. The van der Waals surface area contributed by atoms with Gasteiger partial charge < -0.3 is 51.9 Å². The highest BCUT2D eigenvalue weighted by Crippen LogP contribution is 2.23. The monoisotopic (exact) mass is 1060 g/mol. The van der Waals surface area contributed by atoms with Crippen LogP contribution in [0.25, 0.3) is 0 Å². The van der Waals surface area contributed by atoms with Crippen molar-refractivity contribution in [3.8, 4) is 0 Å². The van der Waals surface area contributed by atoms with Crippen LogP contribution in [0.2, 0.25) is 0 Å². The molecule has 0 spiro atoms. The molecule has 2 fully saturated rings. The molecule has 3 atom stereocenters. The molecule has 0 radical (unpaired) electrons. The van der Waals surface area contributed by atoms with E-state index in [1.807, 2.05) is 13.8 Å². The van der Waals surface area contributed by atoms with E-state index in [2.05, 4.69) is 51.1 Å². The molecule has 1 saturated carbocycles. The first-order valence-electron chi connectivity index (χ1n) is 28.0. The topological polar surface area (TPSA) is 265 Å². The molecule has 20 heteroatoms. The second-order valence-corrected chi connectivity index (χ2v) is 23.2. The quantitative estimate of drug-likeness (QED) is 0.0450. The molecule has 0 aromatic heterocycles.